The van der Waals surface area contributed by atoms with E-state index in [1.54, 1.807) is 7.11 Å². The van der Waals surface area contributed by atoms with Gasteiger partial charge in [-0.25, -0.2) is 0 Å². The number of rotatable bonds is 5. The molecule has 1 heterocycles. The molecule has 0 radical (unpaired) electrons. The summed E-state index contributed by atoms with van der Waals surface area (Å²) in [5.74, 6) is 3.48. The van der Waals surface area contributed by atoms with Crippen LogP contribution in [-0.2, 0) is 0 Å². The van der Waals surface area contributed by atoms with Gasteiger partial charge in [0.25, 0.3) is 0 Å². The van der Waals surface area contributed by atoms with Gasteiger partial charge < -0.3 is 18.9 Å². The molecule has 24 heavy (non-hydrogen) atoms. The number of hydrogen-bond acceptors (Lipinski definition) is 4. The number of methoxy groups -OCH3 is 1. The summed E-state index contributed by atoms with van der Waals surface area (Å²) in [5.41, 5.74) is 4.62. The van der Waals surface area contributed by atoms with Crippen LogP contribution in [-0.4, -0.2) is 20.5 Å². The Morgan fingerprint density at radius 2 is 1.67 bits per heavy atom. The molecule has 2 aromatic rings. The first-order valence-electron chi connectivity index (χ1n) is 8.26. The van der Waals surface area contributed by atoms with Crippen molar-refractivity contribution in [3.8, 4) is 23.0 Å². The van der Waals surface area contributed by atoms with E-state index < -0.39 is 0 Å². The lowest BCUT2D eigenvalue weighted by molar-refractivity contribution is 0.174. The molecule has 0 bridgehead atoms. The minimum absolute atomic E-state index is 0.169. The van der Waals surface area contributed by atoms with Crippen LogP contribution in [0.15, 0.2) is 24.3 Å². The molecule has 0 fully saturated rings. The summed E-state index contributed by atoms with van der Waals surface area (Å²) in [6, 6.07) is 8.30. The van der Waals surface area contributed by atoms with Crippen LogP contribution in [0.3, 0.4) is 0 Å². The molecule has 4 nitrogen and oxygen atoms in total. The molecule has 0 spiro atoms. The second-order valence-electron chi connectivity index (χ2n) is 6.09. The molecule has 0 amide bonds. The Morgan fingerprint density at radius 1 is 1.04 bits per heavy atom. The number of aryl methyl sites for hydroxylation is 2. The average Bonchev–Trinajstić information content (AvgIpc) is 3.03. The number of ether oxygens (including phenoxy) is 4. The highest BCUT2D eigenvalue weighted by atomic mass is 16.7. The lowest BCUT2D eigenvalue weighted by atomic mass is 9.89. The Kier molecular flexibility index (Phi) is 4.56. The maximum Gasteiger partial charge on any atom is 0.231 e. The van der Waals surface area contributed by atoms with E-state index in [1.807, 2.05) is 19.1 Å². The van der Waals surface area contributed by atoms with Gasteiger partial charge in [0.05, 0.1) is 13.7 Å². The molecule has 1 aliphatic heterocycles. The molecule has 0 saturated heterocycles. The van der Waals surface area contributed by atoms with Crippen molar-refractivity contribution in [1.29, 1.82) is 0 Å². The third-order valence-electron chi connectivity index (χ3n) is 4.46. The largest absolute Gasteiger partial charge is 0.496 e. The van der Waals surface area contributed by atoms with Gasteiger partial charge in [-0.05, 0) is 43.5 Å². The van der Waals surface area contributed by atoms with Crippen LogP contribution in [0.1, 0.15) is 42.0 Å². The maximum atomic E-state index is 5.75. The van der Waals surface area contributed by atoms with Gasteiger partial charge in [0.1, 0.15) is 11.5 Å². The number of hydrogen-bond donors (Lipinski definition) is 0. The SMILES string of the molecule is CCOc1c(C)cc(C(C)c2cc3c(cc2OC)OCO3)cc1C. The molecule has 0 aliphatic carbocycles. The van der Waals surface area contributed by atoms with E-state index in [0.29, 0.717) is 6.61 Å². The van der Waals surface area contributed by atoms with Crippen molar-refractivity contribution in [2.24, 2.45) is 0 Å². The average molecular weight is 328 g/mol. The molecule has 2 aromatic carbocycles. The quantitative estimate of drug-likeness (QED) is 0.804. The van der Waals surface area contributed by atoms with E-state index in [-0.39, 0.29) is 12.7 Å². The van der Waals surface area contributed by atoms with Gasteiger partial charge in [0.2, 0.25) is 6.79 Å². The van der Waals surface area contributed by atoms with E-state index in [9.17, 15) is 0 Å². The summed E-state index contributed by atoms with van der Waals surface area (Å²) in [5, 5.41) is 0. The topological polar surface area (TPSA) is 36.9 Å². The third kappa shape index (κ3) is 2.88. The smallest absolute Gasteiger partial charge is 0.231 e. The van der Waals surface area contributed by atoms with Crippen molar-refractivity contribution in [3.63, 3.8) is 0 Å². The fourth-order valence-electron chi connectivity index (χ4n) is 3.24. The Morgan fingerprint density at radius 3 is 2.25 bits per heavy atom. The van der Waals surface area contributed by atoms with E-state index in [1.165, 1.54) is 5.56 Å². The first-order valence-corrected chi connectivity index (χ1v) is 8.26. The van der Waals surface area contributed by atoms with Gasteiger partial charge in [-0.3, -0.25) is 0 Å². The molecular formula is C20H24O4. The zero-order chi connectivity index (χ0) is 17.3. The standard InChI is InChI=1S/C20H24O4/c1-6-22-20-12(2)7-15(8-13(20)3)14(4)16-9-18-19(24-11-23-18)10-17(16)21-5/h7-10,14H,6,11H2,1-5H3. The number of fused-ring (bicyclic) bond motifs is 1. The van der Waals surface area contributed by atoms with Gasteiger partial charge in [-0.1, -0.05) is 19.1 Å². The van der Waals surface area contributed by atoms with Gasteiger partial charge in [0, 0.05) is 17.5 Å². The highest BCUT2D eigenvalue weighted by Gasteiger charge is 2.22. The van der Waals surface area contributed by atoms with E-state index >= 15 is 0 Å². The minimum atomic E-state index is 0.169. The van der Waals surface area contributed by atoms with Crippen molar-refractivity contribution >= 4 is 0 Å². The zero-order valence-corrected chi connectivity index (χ0v) is 14.9. The minimum Gasteiger partial charge on any atom is -0.496 e. The van der Waals surface area contributed by atoms with Crippen molar-refractivity contribution < 1.29 is 18.9 Å². The van der Waals surface area contributed by atoms with Crippen LogP contribution >= 0.6 is 0 Å². The fraction of sp³-hybridized carbons (Fsp3) is 0.400. The Balaban J connectivity index is 2.02. The summed E-state index contributed by atoms with van der Waals surface area (Å²) in [7, 11) is 1.68. The normalized spacial score (nSPS) is 13.7. The third-order valence-corrected chi connectivity index (χ3v) is 4.46. The highest BCUT2D eigenvalue weighted by Crippen LogP contribution is 2.43. The molecular weight excluding hydrogens is 304 g/mol. The van der Waals surface area contributed by atoms with Gasteiger partial charge in [0.15, 0.2) is 11.5 Å². The van der Waals surface area contributed by atoms with Crippen LogP contribution < -0.4 is 18.9 Å². The molecule has 1 aliphatic rings. The van der Waals surface area contributed by atoms with Crippen LogP contribution in [0.4, 0.5) is 0 Å². The van der Waals surface area contributed by atoms with Crippen molar-refractivity contribution in [2.45, 2.75) is 33.6 Å². The highest BCUT2D eigenvalue weighted by molar-refractivity contribution is 5.55. The Labute approximate surface area is 143 Å². The van der Waals surface area contributed by atoms with Crippen molar-refractivity contribution in [2.75, 3.05) is 20.5 Å². The lowest BCUT2D eigenvalue weighted by Crippen LogP contribution is -2.03. The lowest BCUT2D eigenvalue weighted by Gasteiger charge is -2.20. The summed E-state index contributed by atoms with van der Waals surface area (Å²) in [6.45, 7) is 9.29. The fourth-order valence-corrected chi connectivity index (χ4v) is 3.24. The Hall–Kier alpha value is -2.36. The van der Waals surface area contributed by atoms with Crippen LogP contribution in [0.5, 0.6) is 23.0 Å². The van der Waals surface area contributed by atoms with Gasteiger partial charge in [-0.15, -0.1) is 0 Å². The molecule has 0 aromatic heterocycles. The van der Waals surface area contributed by atoms with Crippen LogP contribution in [0.2, 0.25) is 0 Å². The van der Waals surface area contributed by atoms with Gasteiger partial charge in [-0.2, -0.15) is 0 Å². The van der Waals surface area contributed by atoms with E-state index in [4.69, 9.17) is 18.9 Å². The summed E-state index contributed by atoms with van der Waals surface area (Å²) in [6.07, 6.45) is 0. The maximum absolute atomic E-state index is 5.75. The second kappa shape index (κ2) is 6.63. The first kappa shape index (κ1) is 16.5. The molecule has 4 heteroatoms. The molecule has 0 N–H and O–H groups in total. The molecule has 1 atom stereocenters. The van der Waals surface area contributed by atoms with Gasteiger partial charge >= 0.3 is 0 Å². The zero-order valence-electron chi connectivity index (χ0n) is 14.9. The number of benzene rings is 2. The predicted molar refractivity (Wildman–Crippen MR) is 93.7 cm³/mol. The first-order chi connectivity index (χ1) is 11.5. The van der Waals surface area contributed by atoms with Crippen molar-refractivity contribution in [1.82, 2.24) is 0 Å². The second-order valence-corrected chi connectivity index (χ2v) is 6.09. The van der Waals surface area contributed by atoms with Crippen LogP contribution in [0.25, 0.3) is 0 Å². The summed E-state index contributed by atoms with van der Waals surface area (Å²) < 4.78 is 22.3. The van der Waals surface area contributed by atoms with Crippen LogP contribution in [0, 0.1) is 13.8 Å². The molecule has 0 saturated carbocycles. The summed E-state index contributed by atoms with van der Waals surface area (Å²) >= 11 is 0. The monoisotopic (exact) mass is 328 g/mol. The predicted octanol–water partition coefficient (Wildman–Crippen LogP) is 4.59. The molecule has 1 unspecified atom stereocenters. The summed E-state index contributed by atoms with van der Waals surface area (Å²) in [4.78, 5) is 0. The van der Waals surface area contributed by atoms with E-state index in [2.05, 4.69) is 32.9 Å². The van der Waals surface area contributed by atoms with Crippen molar-refractivity contribution in [3.05, 3.63) is 46.5 Å². The molecule has 128 valence electrons. The van der Waals surface area contributed by atoms with E-state index in [0.717, 1.165) is 39.7 Å². The molecule has 3 rings (SSSR count). The Bertz CT molecular complexity index is 729.